The van der Waals surface area contributed by atoms with Gasteiger partial charge in [-0.05, 0) is 70.9 Å². The zero-order valence-electron chi connectivity index (χ0n) is 20.2. The van der Waals surface area contributed by atoms with Crippen molar-refractivity contribution in [3.63, 3.8) is 0 Å². The summed E-state index contributed by atoms with van der Waals surface area (Å²) in [6, 6.07) is 19.1. The number of nitrogens with one attached hydrogen (secondary N) is 1. The normalized spacial score (nSPS) is 10.7. The molecule has 6 nitrogen and oxygen atoms in total. The fraction of sp³-hybridized carbons (Fsp3) is 0.333. The maximum absolute atomic E-state index is 13.6. The van der Waals surface area contributed by atoms with Crippen molar-refractivity contribution in [1.29, 1.82) is 0 Å². The molecule has 3 amide bonds. The lowest BCUT2D eigenvalue weighted by atomic mass is 10.2. The minimum atomic E-state index is -0.311. The molecule has 3 aromatic rings. The number of aryl methyl sites for hydroxylation is 1. The van der Waals surface area contributed by atoms with Crippen molar-refractivity contribution in [2.75, 3.05) is 31.6 Å². The number of para-hydroxylation sites is 1. The van der Waals surface area contributed by atoms with Crippen LogP contribution in [-0.2, 0) is 22.6 Å². The lowest BCUT2D eigenvalue weighted by Crippen LogP contribution is -2.44. The summed E-state index contributed by atoms with van der Waals surface area (Å²) >= 11 is 5.12. The smallest absolute Gasteiger partial charge is 0.322 e. The van der Waals surface area contributed by atoms with Gasteiger partial charge in [-0.15, -0.1) is 11.3 Å². The van der Waals surface area contributed by atoms with Gasteiger partial charge in [0.25, 0.3) is 0 Å². The van der Waals surface area contributed by atoms with Crippen LogP contribution in [0.3, 0.4) is 0 Å². The third kappa shape index (κ3) is 8.49. The predicted molar refractivity (Wildman–Crippen MR) is 146 cm³/mol. The van der Waals surface area contributed by atoms with Crippen molar-refractivity contribution in [3.05, 3.63) is 86.5 Å². The maximum atomic E-state index is 13.6. The van der Waals surface area contributed by atoms with Crippen molar-refractivity contribution < 1.29 is 14.3 Å². The molecule has 3 rings (SSSR count). The Bertz CT molecular complexity index is 1090. The molecule has 0 radical (unpaired) electrons. The highest BCUT2D eigenvalue weighted by molar-refractivity contribution is 9.10. The number of ether oxygens (including phenoxy) is 1. The number of nitrogens with zero attached hydrogens (tertiary/aromatic N) is 2. The first-order valence-electron chi connectivity index (χ1n) is 11.7. The van der Waals surface area contributed by atoms with E-state index >= 15 is 0 Å². The molecule has 0 spiro atoms. The summed E-state index contributed by atoms with van der Waals surface area (Å²) in [7, 11) is 0. The molecule has 0 atom stereocenters. The minimum absolute atomic E-state index is 0.0142. The molecule has 0 bridgehead atoms. The summed E-state index contributed by atoms with van der Waals surface area (Å²) < 4.78 is 6.24. The number of hydrogen-bond acceptors (Lipinski definition) is 4. The van der Waals surface area contributed by atoms with Gasteiger partial charge in [-0.3, -0.25) is 4.79 Å². The Labute approximate surface area is 220 Å². The standard InChI is InChI=1S/C27H32BrN3O3S/c1-3-34-16-9-15-30(27(33)29-24-13-8-7-12-23(24)28)20-26(32)31(18-22-10-5-4-6-11-22)19-25-21(2)14-17-35-25/h4-8,10-14,17H,3,9,15-16,18-20H2,1-2H3,(H,29,33). The van der Waals surface area contributed by atoms with E-state index in [2.05, 4.69) is 34.2 Å². The average Bonchev–Trinajstić information content (AvgIpc) is 3.26. The molecular formula is C27H32BrN3O3S. The number of carbonyl (C=O) groups excluding carboxylic acids is 2. The largest absolute Gasteiger partial charge is 0.382 e. The molecule has 186 valence electrons. The Kier molecular flexibility index (Phi) is 10.8. The molecule has 2 aromatic carbocycles. The van der Waals surface area contributed by atoms with Crippen LogP contribution in [0.5, 0.6) is 0 Å². The molecule has 1 heterocycles. The second kappa shape index (κ2) is 14.0. The Hall–Kier alpha value is -2.68. The molecule has 0 aliphatic rings. The van der Waals surface area contributed by atoms with Gasteiger partial charge in [0.05, 0.1) is 12.2 Å². The van der Waals surface area contributed by atoms with Gasteiger partial charge in [0.1, 0.15) is 6.54 Å². The van der Waals surface area contributed by atoms with Crippen LogP contribution >= 0.6 is 27.3 Å². The summed E-state index contributed by atoms with van der Waals surface area (Å²) in [4.78, 5) is 31.3. The van der Waals surface area contributed by atoms with Crippen molar-refractivity contribution in [2.24, 2.45) is 0 Å². The zero-order chi connectivity index (χ0) is 25.0. The van der Waals surface area contributed by atoms with Gasteiger partial charge < -0.3 is 19.9 Å². The number of benzene rings is 2. The molecule has 1 aromatic heterocycles. The van der Waals surface area contributed by atoms with Crippen LogP contribution in [-0.4, -0.2) is 48.0 Å². The molecule has 0 aliphatic carbocycles. The monoisotopic (exact) mass is 557 g/mol. The van der Waals surface area contributed by atoms with Gasteiger partial charge in [0.15, 0.2) is 0 Å². The van der Waals surface area contributed by atoms with Crippen LogP contribution in [0.25, 0.3) is 0 Å². The molecular weight excluding hydrogens is 526 g/mol. The van der Waals surface area contributed by atoms with E-state index in [1.165, 1.54) is 5.56 Å². The lowest BCUT2D eigenvalue weighted by Gasteiger charge is -2.28. The van der Waals surface area contributed by atoms with E-state index < -0.39 is 0 Å². The number of amides is 3. The number of halogens is 1. The van der Waals surface area contributed by atoms with Crippen molar-refractivity contribution in [2.45, 2.75) is 33.4 Å². The Balaban J connectivity index is 1.76. The highest BCUT2D eigenvalue weighted by atomic mass is 79.9. The number of rotatable bonds is 12. The number of anilines is 1. The van der Waals surface area contributed by atoms with Crippen molar-refractivity contribution in [3.8, 4) is 0 Å². The zero-order valence-corrected chi connectivity index (χ0v) is 22.6. The fourth-order valence-electron chi connectivity index (χ4n) is 3.55. The molecule has 35 heavy (non-hydrogen) atoms. The number of carbonyl (C=O) groups is 2. The minimum Gasteiger partial charge on any atom is -0.382 e. The summed E-state index contributed by atoms with van der Waals surface area (Å²) in [6.07, 6.45) is 0.646. The van der Waals surface area contributed by atoms with Crippen LogP contribution in [0.4, 0.5) is 10.5 Å². The lowest BCUT2D eigenvalue weighted by molar-refractivity contribution is -0.133. The number of urea groups is 1. The first kappa shape index (κ1) is 26.9. The van der Waals surface area contributed by atoms with Crippen LogP contribution in [0, 0.1) is 6.92 Å². The van der Waals surface area contributed by atoms with Gasteiger partial charge in [0.2, 0.25) is 5.91 Å². The summed E-state index contributed by atoms with van der Waals surface area (Å²) in [5, 5.41) is 4.97. The van der Waals surface area contributed by atoms with E-state index in [0.717, 1.165) is 14.9 Å². The summed E-state index contributed by atoms with van der Waals surface area (Å²) in [5.41, 5.74) is 2.88. The van der Waals surface area contributed by atoms with E-state index in [0.29, 0.717) is 45.0 Å². The first-order valence-corrected chi connectivity index (χ1v) is 13.4. The van der Waals surface area contributed by atoms with E-state index in [4.69, 9.17) is 4.74 Å². The maximum Gasteiger partial charge on any atom is 0.322 e. The Morgan fingerprint density at radius 2 is 1.74 bits per heavy atom. The van der Waals surface area contributed by atoms with Crippen molar-refractivity contribution in [1.82, 2.24) is 9.80 Å². The second-order valence-electron chi connectivity index (χ2n) is 8.14. The van der Waals surface area contributed by atoms with Gasteiger partial charge in [0, 0.05) is 35.7 Å². The van der Waals surface area contributed by atoms with E-state index in [1.54, 1.807) is 16.2 Å². The van der Waals surface area contributed by atoms with Crippen molar-refractivity contribution >= 4 is 44.9 Å². The Morgan fingerprint density at radius 3 is 2.43 bits per heavy atom. The molecule has 0 unspecified atom stereocenters. The van der Waals surface area contributed by atoms with E-state index in [-0.39, 0.29) is 18.5 Å². The Morgan fingerprint density at radius 1 is 1.00 bits per heavy atom. The highest BCUT2D eigenvalue weighted by Crippen LogP contribution is 2.22. The van der Waals surface area contributed by atoms with E-state index in [1.807, 2.05) is 71.8 Å². The predicted octanol–water partition coefficient (Wildman–Crippen LogP) is 6.31. The van der Waals surface area contributed by atoms with Crippen LogP contribution in [0.1, 0.15) is 29.3 Å². The van der Waals surface area contributed by atoms with Gasteiger partial charge in [-0.25, -0.2) is 4.79 Å². The average molecular weight is 559 g/mol. The SMILES string of the molecule is CCOCCCN(CC(=O)N(Cc1ccccc1)Cc1sccc1C)C(=O)Nc1ccccc1Br. The van der Waals surface area contributed by atoms with Gasteiger partial charge in [-0.2, -0.15) is 0 Å². The second-order valence-corrected chi connectivity index (χ2v) is 10.00. The van der Waals surface area contributed by atoms with Crippen LogP contribution < -0.4 is 5.32 Å². The third-order valence-electron chi connectivity index (χ3n) is 5.52. The van der Waals surface area contributed by atoms with Gasteiger partial charge in [-0.1, -0.05) is 42.5 Å². The molecule has 8 heteroatoms. The molecule has 0 fully saturated rings. The molecule has 0 saturated heterocycles. The summed E-state index contributed by atoms with van der Waals surface area (Å²) in [5.74, 6) is -0.0969. The molecule has 0 aliphatic heterocycles. The molecule has 1 N–H and O–H groups in total. The van der Waals surface area contributed by atoms with Gasteiger partial charge >= 0.3 is 6.03 Å². The third-order valence-corrected chi connectivity index (χ3v) is 7.22. The highest BCUT2D eigenvalue weighted by Gasteiger charge is 2.23. The number of hydrogen-bond donors (Lipinski definition) is 1. The van der Waals surface area contributed by atoms with Crippen LogP contribution in [0.2, 0.25) is 0 Å². The summed E-state index contributed by atoms with van der Waals surface area (Å²) in [6.45, 7) is 6.54. The quantitative estimate of drug-likeness (QED) is 0.265. The van der Waals surface area contributed by atoms with Crippen LogP contribution in [0.15, 0.2) is 70.5 Å². The van der Waals surface area contributed by atoms with E-state index in [9.17, 15) is 9.59 Å². The first-order chi connectivity index (χ1) is 17.0. The fourth-order valence-corrected chi connectivity index (χ4v) is 4.85. The topological polar surface area (TPSA) is 61.9 Å². The number of thiophene rings is 1. The molecule has 0 saturated carbocycles.